The number of ether oxygens (including phenoxy) is 3. The van der Waals surface area contributed by atoms with Crippen LogP contribution in [0, 0.1) is 0 Å². The third-order valence-electron chi connectivity index (χ3n) is 3.35. The maximum Gasteiger partial charge on any atom is 0.192 e. The van der Waals surface area contributed by atoms with Crippen LogP contribution in [0.15, 0.2) is 53.8 Å². The van der Waals surface area contributed by atoms with Gasteiger partial charge in [-0.2, -0.15) is 0 Å². The van der Waals surface area contributed by atoms with Gasteiger partial charge in [-0.05, 0) is 29.3 Å². The van der Waals surface area contributed by atoms with Crippen molar-refractivity contribution in [2.75, 3.05) is 21.3 Å². The van der Waals surface area contributed by atoms with Gasteiger partial charge in [0.1, 0.15) is 11.5 Å². The number of aliphatic hydroxyl groups is 1. The van der Waals surface area contributed by atoms with Crippen molar-refractivity contribution in [3.8, 4) is 5.75 Å². The van der Waals surface area contributed by atoms with Crippen LogP contribution in [0.2, 0.25) is 0 Å². The molecule has 0 heterocycles. The summed E-state index contributed by atoms with van der Waals surface area (Å²) in [7, 11) is 4.68. The van der Waals surface area contributed by atoms with Crippen LogP contribution in [0.3, 0.4) is 0 Å². The Bertz CT molecular complexity index is 569. The molecule has 0 radical (unpaired) electrons. The first-order chi connectivity index (χ1) is 10.1. The number of methoxy groups -OCH3 is 3. The van der Waals surface area contributed by atoms with Crippen molar-refractivity contribution in [1.82, 2.24) is 0 Å². The molecule has 21 heavy (non-hydrogen) atoms. The molecule has 0 saturated heterocycles. The highest BCUT2D eigenvalue weighted by molar-refractivity contribution is 5.55. The summed E-state index contributed by atoms with van der Waals surface area (Å²) in [6.07, 6.45) is 7.74. The first-order valence-electron chi connectivity index (χ1n) is 6.65. The van der Waals surface area contributed by atoms with Crippen LogP contribution in [0.1, 0.15) is 12.0 Å². The van der Waals surface area contributed by atoms with Gasteiger partial charge in [0.05, 0.1) is 14.2 Å². The van der Waals surface area contributed by atoms with Gasteiger partial charge in [0, 0.05) is 19.6 Å². The molecule has 1 atom stereocenters. The van der Waals surface area contributed by atoms with E-state index in [1.54, 1.807) is 20.3 Å². The van der Waals surface area contributed by atoms with Crippen molar-refractivity contribution in [2.45, 2.75) is 12.2 Å². The van der Waals surface area contributed by atoms with E-state index in [4.69, 9.17) is 14.2 Å². The predicted molar refractivity (Wildman–Crippen MR) is 81.8 cm³/mol. The smallest absolute Gasteiger partial charge is 0.192 e. The zero-order valence-electron chi connectivity index (χ0n) is 12.5. The highest BCUT2D eigenvalue weighted by atomic mass is 16.6. The molecule has 0 aliphatic heterocycles. The summed E-state index contributed by atoms with van der Waals surface area (Å²) in [6.45, 7) is 0. The molecule has 0 bridgehead atoms. The SMILES string of the molecule is COC1=CC(O)(OC)CC(C=Cc2ccc(OC)cc2)=C1. The molecular weight excluding hydrogens is 268 g/mol. The summed E-state index contributed by atoms with van der Waals surface area (Å²) in [4.78, 5) is 0. The van der Waals surface area contributed by atoms with Gasteiger partial charge in [-0.15, -0.1) is 0 Å². The fourth-order valence-electron chi connectivity index (χ4n) is 2.12. The van der Waals surface area contributed by atoms with Crippen LogP contribution in [0.4, 0.5) is 0 Å². The Morgan fingerprint density at radius 1 is 1.05 bits per heavy atom. The van der Waals surface area contributed by atoms with E-state index >= 15 is 0 Å². The monoisotopic (exact) mass is 288 g/mol. The molecule has 1 unspecified atom stereocenters. The van der Waals surface area contributed by atoms with Gasteiger partial charge in [0.2, 0.25) is 0 Å². The van der Waals surface area contributed by atoms with Crippen LogP contribution in [0.25, 0.3) is 6.08 Å². The molecule has 0 amide bonds. The van der Waals surface area contributed by atoms with E-state index in [-0.39, 0.29) is 0 Å². The van der Waals surface area contributed by atoms with Crippen LogP contribution in [-0.4, -0.2) is 32.2 Å². The van der Waals surface area contributed by atoms with E-state index in [2.05, 4.69) is 0 Å². The highest BCUT2D eigenvalue weighted by Crippen LogP contribution is 2.28. The molecule has 1 N–H and O–H groups in total. The van der Waals surface area contributed by atoms with Crippen molar-refractivity contribution in [3.05, 3.63) is 59.4 Å². The molecule has 4 heteroatoms. The Balaban J connectivity index is 2.15. The maximum atomic E-state index is 10.2. The summed E-state index contributed by atoms with van der Waals surface area (Å²) in [6, 6.07) is 7.74. The molecule has 4 nitrogen and oxygen atoms in total. The van der Waals surface area contributed by atoms with Crippen LogP contribution in [-0.2, 0) is 9.47 Å². The predicted octanol–water partition coefficient (Wildman–Crippen LogP) is 2.90. The van der Waals surface area contributed by atoms with Crippen LogP contribution >= 0.6 is 0 Å². The van der Waals surface area contributed by atoms with E-state index in [9.17, 15) is 5.11 Å². The summed E-state index contributed by atoms with van der Waals surface area (Å²) < 4.78 is 15.5. The zero-order chi connectivity index (χ0) is 15.3. The Morgan fingerprint density at radius 2 is 1.76 bits per heavy atom. The lowest BCUT2D eigenvalue weighted by Crippen LogP contribution is -2.31. The third kappa shape index (κ3) is 3.97. The van der Waals surface area contributed by atoms with Crippen molar-refractivity contribution in [3.63, 3.8) is 0 Å². The number of benzene rings is 1. The summed E-state index contributed by atoms with van der Waals surface area (Å²) in [5.41, 5.74) is 1.97. The molecule has 0 aromatic heterocycles. The van der Waals surface area contributed by atoms with Crippen molar-refractivity contribution >= 4 is 6.08 Å². The van der Waals surface area contributed by atoms with Crippen LogP contribution < -0.4 is 4.74 Å². The average Bonchev–Trinajstić information content (AvgIpc) is 2.53. The third-order valence-corrected chi connectivity index (χ3v) is 3.35. The first kappa shape index (κ1) is 15.4. The fourth-order valence-corrected chi connectivity index (χ4v) is 2.12. The lowest BCUT2D eigenvalue weighted by molar-refractivity contribution is -0.146. The number of hydrogen-bond donors (Lipinski definition) is 1. The summed E-state index contributed by atoms with van der Waals surface area (Å²) in [5.74, 6) is 0.0852. The first-order valence-corrected chi connectivity index (χ1v) is 6.65. The number of allylic oxidation sites excluding steroid dienone is 2. The van der Waals surface area contributed by atoms with Gasteiger partial charge in [0.15, 0.2) is 5.79 Å². The minimum atomic E-state index is -1.32. The van der Waals surface area contributed by atoms with Gasteiger partial charge in [-0.25, -0.2) is 0 Å². The lowest BCUT2D eigenvalue weighted by atomic mass is 9.97. The molecular formula is C17H20O4. The quantitative estimate of drug-likeness (QED) is 0.846. The Labute approximate surface area is 125 Å². The van der Waals surface area contributed by atoms with Crippen LogP contribution in [0.5, 0.6) is 5.75 Å². The van der Waals surface area contributed by atoms with Crippen molar-refractivity contribution in [2.24, 2.45) is 0 Å². The van der Waals surface area contributed by atoms with E-state index in [1.807, 2.05) is 42.5 Å². The van der Waals surface area contributed by atoms with Gasteiger partial charge in [-0.3, -0.25) is 0 Å². The minimum absolute atomic E-state index is 0.378. The molecule has 0 spiro atoms. The molecule has 1 aliphatic carbocycles. The molecule has 1 aromatic carbocycles. The Hall–Kier alpha value is -2.04. The normalized spacial score (nSPS) is 21.9. The maximum absolute atomic E-state index is 10.2. The van der Waals surface area contributed by atoms with E-state index in [1.165, 1.54) is 7.11 Å². The molecule has 112 valence electrons. The van der Waals surface area contributed by atoms with E-state index in [0.29, 0.717) is 12.2 Å². The van der Waals surface area contributed by atoms with E-state index in [0.717, 1.165) is 16.9 Å². The Morgan fingerprint density at radius 3 is 2.33 bits per heavy atom. The molecule has 1 aliphatic rings. The number of hydrogen-bond acceptors (Lipinski definition) is 4. The van der Waals surface area contributed by atoms with Crippen molar-refractivity contribution < 1.29 is 19.3 Å². The highest BCUT2D eigenvalue weighted by Gasteiger charge is 2.28. The average molecular weight is 288 g/mol. The topological polar surface area (TPSA) is 47.9 Å². The summed E-state index contributed by atoms with van der Waals surface area (Å²) in [5, 5.41) is 10.2. The molecule has 2 rings (SSSR count). The molecule has 1 aromatic rings. The van der Waals surface area contributed by atoms with Gasteiger partial charge < -0.3 is 19.3 Å². The van der Waals surface area contributed by atoms with Crippen molar-refractivity contribution in [1.29, 1.82) is 0 Å². The van der Waals surface area contributed by atoms with E-state index < -0.39 is 5.79 Å². The zero-order valence-corrected chi connectivity index (χ0v) is 12.5. The standard InChI is InChI=1S/C17H20O4/c1-19-15-8-6-13(7-9-15)4-5-14-10-16(20-2)12-17(18,11-14)21-3/h4-10,12,18H,11H2,1-3H3. The molecule has 0 saturated carbocycles. The lowest BCUT2D eigenvalue weighted by Gasteiger charge is -2.27. The largest absolute Gasteiger partial charge is 0.497 e. The van der Waals surface area contributed by atoms with Gasteiger partial charge >= 0.3 is 0 Å². The Kier molecular flexibility index (Phi) is 4.83. The van der Waals surface area contributed by atoms with Gasteiger partial charge in [-0.1, -0.05) is 24.3 Å². The second-order valence-corrected chi connectivity index (χ2v) is 4.80. The molecule has 0 fully saturated rings. The fraction of sp³-hybridized carbons (Fsp3) is 0.294. The second-order valence-electron chi connectivity index (χ2n) is 4.80. The second kappa shape index (κ2) is 6.61. The number of rotatable bonds is 5. The summed E-state index contributed by atoms with van der Waals surface area (Å²) >= 11 is 0. The van der Waals surface area contributed by atoms with Gasteiger partial charge in [0.25, 0.3) is 0 Å². The minimum Gasteiger partial charge on any atom is -0.497 e.